The van der Waals surface area contributed by atoms with Gasteiger partial charge in [-0.2, -0.15) is 0 Å². The first-order valence-electron chi connectivity index (χ1n) is 3.69. The van der Waals surface area contributed by atoms with Crippen molar-refractivity contribution in [3.8, 4) is 0 Å². The zero-order chi connectivity index (χ0) is 8.55. The van der Waals surface area contributed by atoms with Crippen LogP contribution in [0.5, 0.6) is 0 Å². The van der Waals surface area contributed by atoms with E-state index in [0.29, 0.717) is 0 Å². The van der Waals surface area contributed by atoms with Crippen LogP contribution >= 0.6 is 0 Å². The predicted octanol–water partition coefficient (Wildman–Crippen LogP) is 1.04. The van der Waals surface area contributed by atoms with Crippen LogP contribution in [0.1, 0.15) is 11.3 Å². The van der Waals surface area contributed by atoms with Gasteiger partial charge in [-0.15, -0.1) is 10.2 Å². The lowest BCUT2D eigenvalue weighted by Crippen LogP contribution is -1.95. The first-order valence-corrected chi connectivity index (χ1v) is 3.69. The molecule has 0 spiro atoms. The summed E-state index contributed by atoms with van der Waals surface area (Å²) in [6, 6.07) is 0. The first kappa shape index (κ1) is 7.09. The Kier molecular flexibility index (Phi) is 1.46. The van der Waals surface area contributed by atoms with Crippen molar-refractivity contribution in [2.24, 2.45) is 0 Å². The van der Waals surface area contributed by atoms with Gasteiger partial charge in [0.15, 0.2) is 0 Å². The largest absolute Gasteiger partial charge is 0.262 e. The second kappa shape index (κ2) is 2.48. The maximum absolute atomic E-state index is 4.02. The number of aromatic nitrogens is 4. The van der Waals surface area contributed by atoms with Gasteiger partial charge in [0.1, 0.15) is 5.52 Å². The number of rotatable bonds is 0. The topological polar surface area (TPSA) is 51.6 Å². The van der Waals surface area contributed by atoms with Crippen molar-refractivity contribution in [3.63, 3.8) is 0 Å². The second-order valence-corrected chi connectivity index (χ2v) is 2.73. The van der Waals surface area contributed by atoms with Crippen molar-refractivity contribution < 1.29 is 0 Å². The number of pyridine rings is 1. The minimum absolute atomic E-state index is 0.808. The fourth-order valence-corrected chi connectivity index (χ4v) is 1.28. The van der Waals surface area contributed by atoms with E-state index < -0.39 is 0 Å². The van der Waals surface area contributed by atoms with E-state index in [-0.39, 0.29) is 0 Å². The van der Waals surface area contributed by atoms with E-state index in [1.807, 2.05) is 13.8 Å². The van der Waals surface area contributed by atoms with Crippen LogP contribution in [0.3, 0.4) is 0 Å². The number of hydrogen-bond acceptors (Lipinski definition) is 4. The molecule has 2 aromatic rings. The minimum Gasteiger partial charge on any atom is -0.262 e. The normalized spacial score (nSPS) is 10.5. The lowest BCUT2D eigenvalue weighted by molar-refractivity contribution is 0.867. The lowest BCUT2D eigenvalue weighted by Gasteiger charge is -2.00. The molecule has 2 heterocycles. The fourth-order valence-electron chi connectivity index (χ4n) is 1.28. The Morgan fingerprint density at radius 3 is 2.67 bits per heavy atom. The molecule has 0 aromatic carbocycles. The van der Waals surface area contributed by atoms with Gasteiger partial charge in [-0.05, 0) is 24.6 Å². The van der Waals surface area contributed by atoms with Crippen molar-refractivity contribution in [1.29, 1.82) is 0 Å². The maximum Gasteiger partial charge on any atom is 0.115 e. The molecule has 0 aliphatic heterocycles. The van der Waals surface area contributed by atoms with Crippen molar-refractivity contribution in [3.05, 3.63) is 23.7 Å². The van der Waals surface area contributed by atoms with Gasteiger partial charge in [-0.25, -0.2) is 0 Å². The summed E-state index contributed by atoms with van der Waals surface area (Å²) < 4.78 is 0. The molecule has 0 amide bonds. The molecule has 0 atom stereocenters. The third kappa shape index (κ3) is 0.922. The Balaban J connectivity index is 2.96. The van der Waals surface area contributed by atoms with Crippen LogP contribution in [0.15, 0.2) is 12.4 Å². The number of nitrogens with zero attached hydrogens (tertiary/aromatic N) is 4. The van der Waals surface area contributed by atoms with Crippen molar-refractivity contribution in [2.75, 3.05) is 0 Å². The molecule has 2 rings (SSSR count). The summed E-state index contributed by atoms with van der Waals surface area (Å²) in [5, 5.41) is 12.4. The molecular weight excluding hydrogens is 152 g/mol. The maximum atomic E-state index is 4.02. The van der Waals surface area contributed by atoms with E-state index in [0.717, 1.165) is 22.2 Å². The molecule has 4 heteroatoms. The Labute approximate surface area is 69.7 Å². The molecule has 0 aliphatic carbocycles. The second-order valence-electron chi connectivity index (χ2n) is 2.73. The molecule has 4 nitrogen and oxygen atoms in total. The molecule has 0 bridgehead atoms. The molecule has 0 aliphatic rings. The highest BCUT2D eigenvalue weighted by Crippen LogP contribution is 2.15. The van der Waals surface area contributed by atoms with E-state index in [2.05, 4.69) is 20.4 Å². The minimum atomic E-state index is 0.808. The molecular formula is C8H8N4. The fraction of sp³-hybridized carbons (Fsp3) is 0.250. The van der Waals surface area contributed by atoms with E-state index in [1.165, 1.54) is 0 Å². The molecule has 12 heavy (non-hydrogen) atoms. The number of fused-ring (bicyclic) bond motifs is 1. The summed E-state index contributed by atoms with van der Waals surface area (Å²) in [5.41, 5.74) is 2.80. The highest BCUT2D eigenvalue weighted by molar-refractivity contribution is 5.82. The average Bonchev–Trinajstić information content (AvgIpc) is 2.04. The van der Waals surface area contributed by atoms with Gasteiger partial charge in [0.05, 0.1) is 11.9 Å². The standard InChI is InChI=1S/C8H8N4/c1-5-3-9-4-7-8(5)6(2)10-12-11-7/h3-4H,1-2H3. The average molecular weight is 160 g/mol. The highest BCUT2D eigenvalue weighted by atomic mass is 15.3. The smallest absolute Gasteiger partial charge is 0.115 e. The summed E-state index contributed by atoms with van der Waals surface area (Å²) in [4.78, 5) is 4.02. The molecule has 0 N–H and O–H groups in total. The van der Waals surface area contributed by atoms with Crippen LogP contribution in [0, 0.1) is 13.8 Å². The van der Waals surface area contributed by atoms with Gasteiger partial charge in [0, 0.05) is 11.6 Å². The molecule has 60 valence electrons. The molecule has 0 saturated heterocycles. The molecule has 0 unspecified atom stereocenters. The van der Waals surface area contributed by atoms with E-state index in [9.17, 15) is 0 Å². The quantitative estimate of drug-likeness (QED) is 0.577. The Bertz CT molecular complexity index is 388. The van der Waals surface area contributed by atoms with Gasteiger partial charge in [-0.3, -0.25) is 4.98 Å². The van der Waals surface area contributed by atoms with Crippen LogP contribution in [0.2, 0.25) is 0 Å². The highest BCUT2D eigenvalue weighted by Gasteiger charge is 2.02. The third-order valence-electron chi connectivity index (χ3n) is 1.82. The van der Waals surface area contributed by atoms with Crippen molar-refractivity contribution in [2.45, 2.75) is 13.8 Å². The van der Waals surface area contributed by atoms with Crippen LogP contribution in [0.25, 0.3) is 10.9 Å². The van der Waals surface area contributed by atoms with Crippen molar-refractivity contribution in [1.82, 2.24) is 20.4 Å². The van der Waals surface area contributed by atoms with E-state index in [1.54, 1.807) is 12.4 Å². The Morgan fingerprint density at radius 2 is 1.92 bits per heavy atom. The molecule has 0 radical (unpaired) electrons. The predicted molar refractivity (Wildman–Crippen MR) is 44.6 cm³/mol. The SMILES string of the molecule is Cc1cncc2nnnc(C)c12. The zero-order valence-electron chi connectivity index (χ0n) is 6.94. The van der Waals surface area contributed by atoms with E-state index in [4.69, 9.17) is 0 Å². The van der Waals surface area contributed by atoms with Gasteiger partial charge >= 0.3 is 0 Å². The monoisotopic (exact) mass is 160 g/mol. The molecule has 0 saturated carbocycles. The van der Waals surface area contributed by atoms with Crippen LogP contribution in [-0.4, -0.2) is 20.4 Å². The van der Waals surface area contributed by atoms with Gasteiger partial charge in [0.2, 0.25) is 0 Å². The van der Waals surface area contributed by atoms with Crippen LogP contribution in [0.4, 0.5) is 0 Å². The summed E-state index contributed by atoms with van der Waals surface area (Å²) >= 11 is 0. The van der Waals surface area contributed by atoms with Gasteiger partial charge in [0.25, 0.3) is 0 Å². The summed E-state index contributed by atoms with van der Waals surface area (Å²) in [5.74, 6) is 0. The molecule has 0 fully saturated rings. The Morgan fingerprint density at radius 1 is 1.08 bits per heavy atom. The number of aryl methyl sites for hydroxylation is 2. The summed E-state index contributed by atoms with van der Waals surface area (Å²) in [6.45, 7) is 3.91. The van der Waals surface area contributed by atoms with E-state index >= 15 is 0 Å². The Hall–Kier alpha value is -1.58. The third-order valence-corrected chi connectivity index (χ3v) is 1.82. The summed E-state index contributed by atoms with van der Waals surface area (Å²) in [7, 11) is 0. The number of hydrogen-bond donors (Lipinski definition) is 0. The van der Waals surface area contributed by atoms with Crippen LogP contribution in [-0.2, 0) is 0 Å². The van der Waals surface area contributed by atoms with Gasteiger partial charge in [-0.1, -0.05) is 0 Å². The van der Waals surface area contributed by atoms with Crippen LogP contribution < -0.4 is 0 Å². The molecule has 2 aromatic heterocycles. The van der Waals surface area contributed by atoms with Crippen molar-refractivity contribution >= 4 is 10.9 Å². The first-order chi connectivity index (χ1) is 5.79. The van der Waals surface area contributed by atoms with Gasteiger partial charge < -0.3 is 0 Å². The zero-order valence-corrected chi connectivity index (χ0v) is 6.94. The summed E-state index contributed by atoms with van der Waals surface area (Å²) in [6.07, 6.45) is 3.50. The lowest BCUT2D eigenvalue weighted by atomic mass is 10.1.